The standard InChI is InChI=1S/C74H45N9/c1-77-58-19-15-17-53(43-58)70-47-69(79-74(80-70)54-18-16-20-59(44-54)78-2)51-29-31-52(32-30-51)73-56(48-75)41-55(42-57(73)49-76)50-33-35-64(36-34-50)83-71-39-37-65(81(60-21-7-3-8-22-60)61-23-9-4-10-24-61)45-67(71)68-46-66(38-40-72(68)83)82(62-25-11-5-12-26-62)63-27-13-6-14-28-63/h3-47H. The van der Waals surface area contributed by atoms with Crippen molar-refractivity contribution in [1.82, 2.24) is 14.5 Å². The molecule has 0 spiro atoms. The molecule has 0 saturated carbocycles. The molecule has 0 amide bonds. The van der Waals surface area contributed by atoms with E-state index in [0.29, 0.717) is 56.4 Å². The first-order chi connectivity index (χ1) is 40.9. The van der Waals surface area contributed by atoms with Gasteiger partial charge in [-0.2, -0.15) is 10.5 Å². The highest BCUT2D eigenvalue weighted by atomic mass is 15.1. The Labute approximate surface area is 480 Å². The van der Waals surface area contributed by atoms with E-state index < -0.39 is 0 Å². The van der Waals surface area contributed by atoms with Gasteiger partial charge in [-0.25, -0.2) is 19.7 Å². The Morgan fingerprint density at radius 1 is 0.349 bits per heavy atom. The van der Waals surface area contributed by atoms with E-state index in [-0.39, 0.29) is 0 Å². The Kier molecular flexibility index (Phi) is 13.3. The van der Waals surface area contributed by atoms with Gasteiger partial charge in [-0.3, -0.25) is 0 Å². The Morgan fingerprint density at radius 3 is 1.23 bits per heavy atom. The average molecular weight is 1060 g/mol. The molecule has 0 unspecified atom stereocenters. The number of hydrogen-bond donors (Lipinski definition) is 0. The topological polar surface area (TPSA) is 93.5 Å². The third-order valence-corrected chi connectivity index (χ3v) is 14.8. The highest BCUT2D eigenvalue weighted by Crippen LogP contribution is 2.44. The summed E-state index contributed by atoms with van der Waals surface area (Å²) in [5, 5.41) is 23.7. The maximum atomic E-state index is 10.8. The van der Waals surface area contributed by atoms with Crippen molar-refractivity contribution in [2.24, 2.45) is 0 Å². The third-order valence-electron chi connectivity index (χ3n) is 14.8. The number of benzene rings is 11. The van der Waals surface area contributed by atoms with E-state index in [0.717, 1.165) is 83.9 Å². The molecule has 386 valence electrons. The predicted molar refractivity (Wildman–Crippen MR) is 335 cm³/mol. The van der Waals surface area contributed by atoms with Gasteiger partial charge in [-0.1, -0.05) is 146 Å². The Bertz CT molecular complexity index is 4430. The molecule has 13 aromatic rings. The molecule has 0 fully saturated rings. The van der Waals surface area contributed by atoms with E-state index in [1.54, 1.807) is 24.3 Å². The minimum Gasteiger partial charge on any atom is -0.310 e. The lowest BCUT2D eigenvalue weighted by atomic mass is 9.90. The molecule has 0 aliphatic heterocycles. The van der Waals surface area contributed by atoms with Gasteiger partial charge in [0, 0.05) is 67.3 Å². The summed E-state index contributed by atoms with van der Waals surface area (Å²) < 4.78 is 2.31. The molecule has 2 aromatic heterocycles. The van der Waals surface area contributed by atoms with Crippen molar-refractivity contribution >= 4 is 67.3 Å². The molecule has 0 saturated heterocycles. The van der Waals surface area contributed by atoms with Gasteiger partial charge in [-0.15, -0.1) is 0 Å². The second-order valence-corrected chi connectivity index (χ2v) is 19.8. The molecule has 13 rings (SSSR count). The van der Waals surface area contributed by atoms with Crippen LogP contribution in [0.25, 0.3) is 93.3 Å². The first kappa shape index (κ1) is 50.4. The van der Waals surface area contributed by atoms with Gasteiger partial charge in [0.05, 0.1) is 58.8 Å². The maximum absolute atomic E-state index is 10.8. The van der Waals surface area contributed by atoms with Crippen LogP contribution >= 0.6 is 0 Å². The molecule has 83 heavy (non-hydrogen) atoms. The average Bonchev–Trinajstić information content (AvgIpc) is 3.07. The first-order valence-corrected chi connectivity index (χ1v) is 26.9. The second kappa shape index (κ2) is 21.9. The van der Waals surface area contributed by atoms with Crippen molar-refractivity contribution in [1.29, 1.82) is 10.5 Å². The van der Waals surface area contributed by atoms with E-state index >= 15 is 0 Å². The monoisotopic (exact) mass is 1060 g/mol. The van der Waals surface area contributed by atoms with Crippen LogP contribution in [0.15, 0.2) is 273 Å². The fourth-order valence-corrected chi connectivity index (χ4v) is 11.0. The van der Waals surface area contributed by atoms with Gasteiger partial charge >= 0.3 is 0 Å². The van der Waals surface area contributed by atoms with E-state index in [2.05, 4.69) is 194 Å². The lowest BCUT2D eigenvalue weighted by Gasteiger charge is -2.26. The molecule has 0 atom stereocenters. The third kappa shape index (κ3) is 9.73. The highest BCUT2D eigenvalue weighted by molar-refractivity contribution is 6.12. The molecular weight excluding hydrogens is 1010 g/mol. The van der Waals surface area contributed by atoms with E-state index in [1.165, 1.54) is 0 Å². The smallest absolute Gasteiger partial charge is 0.187 e. The molecule has 9 heteroatoms. The quantitative estimate of drug-likeness (QED) is 0.113. The van der Waals surface area contributed by atoms with Crippen LogP contribution in [0, 0.1) is 35.8 Å². The summed E-state index contributed by atoms with van der Waals surface area (Å²) in [5.74, 6) is 0.435. The molecular formula is C74H45N9. The van der Waals surface area contributed by atoms with Gasteiger partial charge in [0.25, 0.3) is 0 Å². The number of nitriles is 2. The van der Waals surface area contributed by atoms with Crippen molar-refractivity contribution < 1.29 is 0 Å². The molecule has 0 bridgehead atoms. The number of fused-ring (bicyclic) bond motifs is 3. The van der Waals surface area contributed by atoms with E-state index in [4.69, 9.17) is 23.1 Å². The zero-order valence-electron chi connectivity index (χ0n) is 44.5. The van der Waals surface area contributed by atoms with Gasteiger partial charge in [0.1, 0.15) is 0 Å². The minimum absolute atomic E-state index is 0.371. The maximum Gasteiger partial charge on any atom is 0.187 e. The van der Waals surface area contributed by atoms with E-state index in [1.807, 2.05) is 91.0 Å². The molecule has 0 N–H and O–H groups in total. The van der Waals surface area contributed by atoms with Crippen LogP contribution in [0.1, 0.15) is 11.1 Å². The van der Waals surface area contributed by atoms with Gasteiger partial charge in [0.15, 0.2) is 17.2 Å². The molecule has 9 nitrogen and oxygen atoms in total. The van der Waals surface area contributed by atoms with Crippen LogP contribution in [-0.2, 0) is 0 Å². The summed E-state index contributed by atoms with van der Waals surface area (Å²) in [7, 11) is 0. The summed E-state index contributed by atoms with van der Waals surface area (Å²) in [6.07, 6.45) is 0. The van der Waals surface area contributed by atoms with Crippen molar-refractivity contribution in [3.63, 3.8) is 0 Å². The van der Waals surface area contributed by atoms with Crippen LogP contribution in [0.4, 0.5) is 45.5 Å². The number of anilines is 6. The number of aromatic nitrogens is 3. The molecule has 11 aromatic carbocycles. The molecule has 0 radical (unpaired) electrons. The van der Waals surface area contributed by atoms with Crippen LogP contribution in [0.5, 0.6) is 0 Å². The SMILES string of the molecule is [C-]#[N+]c1cccc(-c2cc(-c3ccc(-c4c(C#N)cc(-c5ccc(-n6c7ccc(N(c8ccccc8)c8ccccc8)cc7c7cc(N(c8ccccc8)c8ccccc8)ccc76)cc5)cc4C#N)cc3)nc(-c3cccc([N+]#[C-])c3)n2)c1. The van der Waals surface area contributed by atoms with Crippen LogP contribution in [-0.4, -0.2) is 14.5 Å². The molecule has 0 aliphatic rings. The van der Waals surface area contributed by atoms with Crippen molar-refractivity contribution in [3.05, 3.63) is 307 Å². The lowest BCUT2D eigenvalue weighted by Crippen LogP contribution is -2.09. The minimum atomic E-state index is 0.371. The number of rotatable bonds is 12. The summed E-state index contributed by atoms with van der Waals surface area (Å²) in [6, 6.07) is 96.0. The van der Waals surface area contributed by atoms with Gasteiger partial charge in [0.2, 0.25) is 0 Å². The summed E-state index contributed by atoms with van der Waals surface area (Å²) in [5.41, 5.74) is 17.3. The van der Waals surface area contributed by atoms with Gasteiger partial charge in [-0.05, 0) is 150 Å². The Morgan fingerprint density at radius 2 is 0.771 bits per heavy atom. The van der Waals surface area contributed by atoms with E-state index in [9.17, 15) is 10.5 Å². The number of para-hydroxylation sites is 4. The van der Waals surface area contributed by atoms with Crippen LogP contribution in [0.3, 0.4) is 0 Å². The van der Waals surface area contributed by atoms with Crippen molar-refractivity contribution in [2.45, 2.75) is 0 Å². The lowest BCUT2D eigenvalue weighted by molar-refractivity contribution is 1.18. The van der Waals surface area contributed by atoms with Crippen molar-refractivity contribution in [3.8, 4) is 74.0 Å². The Balaban J connectivity index is 0.881. The summed E-state index contributed by atoms with van der Waals surface area (Å²) in [6.45, 7) is 15.2. The fraction of sp³-hybridized carbons (Fsp3) is 0. The summed E-state index contributed by atoms with van der Waals surface area (Å²) >= 11 is 0. The largest absolute Gasteiger partial charge is 0.310 e. The van der Waals surface area contributed by atoms with Crippen LogP contribution in [0.2, 0.25) is 0 Å². The molecule has 2 heterocycles. The predicted octanol–water partition coefficient (Wildman–Crippen LogP) is 19.7. The second-order valence-electron chi connectivity index (χ2n) is 19.8. The number of hydrogen-bond acceptors (Lipinski definition) is 6. The zero-order valence-corrected chi connectivity index (χ0v) is 44.5. The first-order valence-electron chi connectivity index (χ1n) is 26.9. The van der Waals surface area contributed by atoms with Gasteiger partial charge < -0.3 is 14.4 Å². The highest BCUT2D eigenvalue weighted by Gasteiger charge is 2.22. The zero-order chi connectivity index (χ0) is 56.2. The molecule has 0 aliphatic carbocycles. The fourth-order valence-electron chi connectivity index (χ4n) is 11.0. The Hall–Kier alpha value is -12.1. The number of nitrogens with zero attached hydrogens (tertiary/aromatic N) is 9. The normalized spacial score (nSPS) is 10.8. The summed E-state index contributed by atoms with van der Waals surface area (Å²) in [4.78, 5) is 21.7. The van der Waals surface area contributed by atoms with Crippen LogP contribution < -0.4 is 9.80 Å². The van der Waals surface area contributed by atoms with Crippen molar-refractivity contribution in [2.75, 3.05) is 9.80 Å².